The van der Waals surface area contributed by atoms with Crippen molar-refractivity contribution in [2.45, 2.75) is 26.9 Å². The zero-order valence-corrected chi connectivity index (χ0v) is 16.8. The Morgan fingerprint density at radius 2 is 1.89 bits per heavy atom. The molecule has 1 amide bonds. The smallest absolute Gasteiger partial charge is 0.339 e. The zero-order valence-electron chi connectivity index (χ0n) is 16.0. The van der Waals surface area contributed by atoms with Gasteiger partial charge < -0.3 is 19.5 Å². The molecule has 2 aromatic rings. The summed E-state index contributed by atoms with van der Waals surface area (Å²) in [6, 6.07) is 2.83. The van der Waals surface area contributed by atoms with Crippen LogP contribution in [-0.2, 0) is 16.6 Å². The highest BCUT2D eigenvalue weighted by Gasteiger charge is 2.23. The van der Waals surface area contributed by atoms with E-state index in [-0.39, 0.29) is 16.3 Å². The van der Waals surface area contributed by atoms with E-state index in [4.69, 9.17) is 25.8 Å². The average molecular weight is 396 g/mol. The topological polar surface area (TPSA) is 91.7 Å². The molecule has 0 radical (unpaired) electrons. The normalized spacial score (nSPS) is 11.7. The fourth-order valence-electron chi connectivity index (χ4n) is 2.50. The predicted octanol–water partition coefficient (Wildman–Crippen LogP) is 2.89. The van der Waals surface area contributed by atoms with Crippen molar-refractivity contribution in [3.63, 3.8) is 0 Å². The Balaban J connectivity index is 2.13. The van der Waals surface area contributed by atoms with E-state index >= 15 is 0 Å². The molecular formula is C18H22ClN3O5. The van der Waals surface area contributed by atoms with Crippen molar-refractivity contribution >= 4 is 29.2 Å². The standard InChI is InChI=1S/C18H22ClN3O5/c1-9-15(10(2)22(4)21-9)20-17(23)11(3)27-18(24)12-7-13(19)16(26-6)14(8-12)25-5/h7-8,11H,1-6H3,(H,20,23)/t11-/m0/s1. The Morgan fingerprint density at radius 3 is 2.41 bits per heavy atom. The van der Waals surface area contributed by atoms with Gasteiger partial charge in [0.1, 0.15) is 0 Å². The summed E-state index contributed by atoms with van der Waals surface area (Å²) in [5.41, 5.74) is 2.21. The number of anilines is 1. The Hall–Kier alpha value is -2.74. The first-order valence-electron chi connectivity index (χ1n) is 8.13. The van der Waals surface area contributed by atoms with Crippen LogP contribution in [0.5, 0.6) is 11.5 Å². The number of methoxy groups -OCH3 is 2. The van der Waals surface area contributed by atoms with Crippen molar-refractivity contribution in [3.05, 3.63) is 34.1 Å². The van der Waals surface area contributed by atoms with Crippen molar-refractivity contribution < 1.29 is 23.8 Å². The van der Waals surface area contributed by atoms with E-state index in [9.17, 15) is 9.59 Å². The molecule has 1 N–H and O–H groups in total. The molecule has 146 valence electrons. The molecule has 0 fully saturated rings. The van der Waals surface area contributed by atoms with E-state index in [1.165, 1.54) is 33.3 Å². The van der Waals surface area contributed by atoms with Gasteiger partial charge in [-0.05, 0) is 32.9 Å². The lowest BCUT2D eigenvalue weighted by Gasteiger charge is -2.15. The van der Waals surface area contributed by atoms with Crippen LogP contribution in [-0.4, -0.2) is 42.0 Å². The number of hydrogen-bond donors (Lipinski definition) is 1. The van der Waals surface area contributed by atoms with Crippen molar-refractivity contribution in [2.75, 3.05) is 19.5 Å². The van der Waals surface area contributed by atoms with Gasteiger partial charge in [-0.1, -0.05) is 11.6 Å². The number of ether oxygens (including phenoxy) is 3. The SMILES string of the molecule is COc1cc(C(=O)O[C@@H](C)C(=O)Nc2c(C)nn(C)c2C)cc(Cl)c1OC. The Kier molecular flexibility index (Phi) is 6.32. The molecular weight excluding hydrogens is 374 g/mol. The van der Waals surface area contributed by atoms with Crippen molar-refractivity contribution in [1.29, 1.82) is 0 Å². The quantitative estimate of drug-likeness (QED) is 0.756. The number of benzene rings is 1. The highest BCUT2D eigenvalue weighted by molar-refractivity contribution is 6.32. The Morgan fingerprint density at radius 1 is 1.22 bits per heavy atom. The van der Waals surface area contributed by atoms with Crippen LogP contribution in [0.2, 0.25) is 5.02 Å². The number of hydrogen-bond acceptors (Lipinski definition) is 6. The number of esters is 1. The number of rotatable bonds is 6. The summed E-state index contributed by atoms with van der Waals surface area (Å²) >= 11 is 6.10. The maximum absolute atomic E-state index is 12.4. The van der Waals surface area contributed by atoms with Crippen LogP contribution in [0.4, 0.5) is 5.69 Å². The number of carbonyl (C=O) groups is 2. The van der Waals surface area contributed by atoms with Gasteiger partial charge in [-0.25, -0.2) is 4.79 Å². The number of aromatic nitrogens is 2. The molecule has 0 saturated heterocycles. The largest absolute Gasteiger partial charge is 0.493 e. The second-order valence-corrected chi connectivity index (χ2v) is 6.31. The Labute approximate surface area is 162 Å². The zero-order chi connectivity index (χ0) is 20.3. The summed E-state index contributed by atoms with van der Waals surface area (Å²) in [6.07, 6.45) is -1.02. The second kappa shape index (κ2) is 8.30. The van der Waals surface area contributed by atoms with Gasteiger partial charge in [0.25, 0.3) is 5.91 Å². The molecule has 1 atom stereocenters. The van der Waals surface area contributed by atoms with Crippen LogP contribution in [0.25, 0.3) is 0 Å². The van der Waals surface area contributed by atoms with Crippen molar-refractivity contribution in [2.24, 2.45) is 7.05 Å². The fraction of sp³-hybridized carbons (Fsp3) is 0.389. The molecule has 1 aromatic heterocycles. The van der Waals surface area contributed by atoms with E-state index in [0.29, 0.717) is 17.1 Å². The Bertz CT molecular complexity index is 878. The van der Waals surface area contributed by atoms with Gasteiger partial charge in [-0.3, -0.25) is 9.48 Å². The van der Waals surface area contributed by atoms with Crippen LogP contribution in [0.3, 0.4) is 0 Å². The van der Waals surface area contributed by atoms with Crippen molar-refractivity contribution in [3.8, 4) is 11.5 Å². The van der Waals surface area contributed by atoms with E-state index in [0.717, 1.165) is 5.69 Å². The third-order valence-corrected chi connectivity index (χ3v) is 4.36. The number of nitrogens with one attached hydrogen (secondary N) is 1. The molecule has 0 spiro atoms. The molecule has 0 saturated carbocycles. The van der Waals surface area contributed by atoms with Crippen molar-refractivity contribution in [1.82, 2.24) is 9.78 Å². The van der Waals surface area contributed by atoms with Crippen LogP contribution in [0.1, 0.15) is 28.7 Å². The summed E-state index contributed by atoms with van der Waals surface area (Å²) < 4.78 is 17.2. The molecule has 1 aromatic carbocycles. The van der Waals surface area contributed by atoms with Gasteiger partial charge in [0, 0.05) is 7.05 Å². The van der Waals surface area contributed by atoms with Crippen LogP contribution in [0.15, 0.2) is 12.1 Å². The lowest BCUT2D eigenvalue weighted by Crippen LogP contribution is -2.30. The third kappa shape index (κ3) is 4.33. The minimum absolute atomic E-state index is 0.144. The molecule has 1 heterocycles. The van der Waals surface area contributed by atoms with Crippen LogP contribution in [0, 0.1) is 13.8 Å². The molecule has 0 bridgehead atoms. The first kappa shape index (κ1) is 20.6. The first-order chi connectivity index (χ1) is 12.7. The number of aryl methyl sites for hydroxylation is 2. The van der Waals surface area contributed by atoms with Crippen LogP contribution >= 0.6 is 11.6 Å². The monoisotopic (exact) mass is 395 g/mol. The molecule has 2 rings (SSSR count). The number of amides is 1. The maximum atomic E-state index is 12.4. The minimum Gasteiger partial charge on any atom is -0.493 e. The molecule has 9 heteroatoms. The van der Waals surface area contributed by atoms with E-state index in [1.807, 2.05) is 6.92 Å². The number of nitrogens with zero attached hydrogens (tertiary/aromatic N) is 2. The van der Waals surface area contributed by atoms with Gasteiger partial charge in [0.15, 0.2) is 17.6 Å². The third-order valence-electron chi connectivity index (χ3n) is 4.08. The van der Waals surface area contributed by atoms with Gasteiger partial charge in [0.2, 0.25) is 0 Å². The molecule has 0 aliphatic rings. The highest BCUT2D eigenvalue weighted by Crippen LogP contribution is 2.36. The molecule has 27 heavy (non-hydrogen) atoms. The summed E-state index contributed by atoms with van der Waals surface area (Å²) in [5.74, 6) is -0.575. The van der Waals surface area contributed by atoms with E-state index in [2.05, 4.69) is 10.4 Å². The summed E-state index contributed by atoms with van der Waals surface area (Å²) in [5, 5.41) is 7.17. The molecule has 0 unspecified atom stereocenters. The number of halogens is 1. The van der Waals surface area contributed by atoms with Gasteiger partial charge in [-0.15, -0.1) is 0 Å². The fourth-order valence-corrected chi connectivity index (χ4v) is 2.79. The first-order valence-corrected chi connectivity index (χ1v) is 8.50. The predicted molar refractivity (Wildman–Crippen MR) is 101 cm³/mol. The average Bonchev–Trinajstić information content (AvgIpc) is 2.86. The number of carbonyl (C=O) groups excluding carboxylic acids is 2. The van der Waals surface area contributed by atoms with Gasteiger partial charge >= 0.3 is 5.97 Å². The van der Waals surface area contributed by atoms with Gasteiger partial charge in [0.05, 0.1) is 41.9 Å². The highest BCUT2D eigenvalue weighted by atomic mass is 35.5. The second-order valence-electron chi connectivity index (χ2n) is 5.90. The summed E-state index contributed by atoms with van der Waals surface area (Å²) in [6.45, 7) is 5.10. The minimum atomic E-state index is -1.02. The van der Waals surface area contributed by atoms with Crippen LogP contribution < -0.4 is 14.8 Å². The van der Waals surface area contributed by atoms with Gasteiger partial charge in [-0.2, -0.15) is 5.10 Å². The summed E-state index contributed by atoms with van der Waals surface area (Å²) in [4.78, 5) is 24.8. The molecule has 0 aliphatic heterocycles. The molecule has 8 nitrogen and oxygen atoms in total. The lowest BCUT2D eigenvalue weighted by molar-refractivity contribution is -0.123. The summed E-state index contributed by atoms with van der Waals surface area (Å²) in [7, 11) is 4.65. The maximum Gasteiger partial charge on any atom is 0.339 e. The van der Waals surface area contributed by atoms with E-state index < -0.39 is 18.0 Å². The van der Waals surface area contributed by atoms with E-state index in [1.54, 1.807) is 18.7 Å². The molecule has 0 aliphatic carbocycles. The lowest BCUT2D eigenvalue weighted by atomic mass is 10.2.